The van der Waals surface area contributed by atoms with Crippen LogP contribution in [0.4, 0.5) is 0 Å². The van der Waals surface area contributed by atoms with Crippen molar-refractivity contribution in [2.75, 3.05) is 6.54 Å². The predicted octanol–water partition coefficient (Wildman–Crippen LogP) is 10.5. The topological polar surface area (TPSA) is 92.7 Å². The second-order valence-electron chi connectivity index (χ2n) is 12.5. The Morgan fingerprint density at radius 2 is 0.929 bits per heavy atom. The number of carboxylic acid groups (broad SMARTS) is 1. The molecular formula is C36H69NO5. The Morgan fingerprint density at radius 3 is 1.36 bits per heavy atom. The van der Waals surface area contributed by atoms with Crippen LogP contribution in [0.2, 0.25) is 0 Å². The van der Waals surface area contributed by atoms with E-state index in [2.05, 4.69) is 19.2 Å². The average Bonchev–Trinajstić information content (AvgIpc) is 2.96. The highest BCUT2D eigenvalue weighted by Crippen LogP contribution is 2.17. The first-order chi connectivity index (χ1) is 20.5. The standard InChI is InChI=1S/C36H69NO5/c1-3-5-6-7-8-9-10-11-12-13-14-15-16-17-18-19-20-21-22-23-27-31-36(41)42-33(28-4-2)29-25-24-26-30-34(38)37-32-35(39)40/h33H,3-32H2,1-2H3,(H,37,38)(H,39,40). The Labute approximate surface area is 259 Å². The van der Waals surface area contributed by atoms with Gasteiger partial charge in [0.15, 0.2) is 0 Å². The monoisotopic (exact) mass is 596 g/mol. The molecular weight excluding hydrogens is 526 g/mol. The summed E-state index contributed by atoms with van der Waals surface area (Å²) in [5.74, 6) is -1.32. The molecule has 1 atom stereocenters. The predicted molar refractivity (Wildman–Crippen MR) is 176 cm³/mol. The quantitative estimate of drug-likeness (QED) is 0.0581. The summed E-state index contributed by atoms with van der Waals surface area (Å²) in [7, 11) is 0. The zero-order valence-corrected chi connectivity index (χ0v) is 27.9. The van der Waals surface area contributed by atoms with E-state index in [1.54, 1.807) is 0 Å². The second-order valence-corrected chi connectivity index (χ2v) is 12.5. The lowest BCUT2D eigenvalue weighted by Crippen LogP contribution is -2.28. The summed E-state index contributed by atoms with van der Waals surface area (Å²) < 4.78 is 5.74. The zero-order chi connectivity index (χ0) is 30.9. The van der Waals surface area contributed by atoms with E-state index in [0.717, 1.165) is 51.4 Å². The molecule has 6 heteroatoms. The summed E-state index contributed by atoms with van der Waals surface area (Å²) in [5.41, 5.74) is 0. The number of carboxylic acids is 1. The largest absolute Gasteiger partial charge is 0.480 e. The van der Waals surface area contributed by atoms with Crippen molar-refractivity contribution in [3.8, 4) is 0 Å². The highest BCUT2D eigenvalue weighted by Gasteiger charge is 2.13. The van der Waals surface area contributed by atoms with Gasteiger partial charge in [-0.25, -0.2) is 0 Å². The Balaban J connectivity index is 3.49. The Hall–Kier alpha value is -1.59. The van der Waals surface area contributed by atoms with Crippen molar-refractivity contribution in [1.82, 2.24) is 5.32 Å². The van der Waals surface area contributed by atoms with Crippen LogP contribution in [-0.4, -0.2) is 35.6 Å². The first-order valence-electron chi connectivity index (χ1n) is 18.2. The van der Waals surface area contributed by atoms with Crippen LogP contribution >= 0.6 is 0 Å². The van der Waals surface area contributed by atoms with Crippen LogP contribution in [-0.2, 0) is 19.1 Å². The van der Waals surface area contributed by atoms with Gasteiger partial charge in [-0.1, -0.05) is 155 Å². The van der Waals surface area contributed by atoms with Crippen molar-refractivity contribution in [2.24, 2.45) is 0 Å². The maximum absolute atomic E-state index is 12.3. The van der Waals surface area contributed by atoms with Gasteiger partial charge >= 0.3 is 11.9 Å². The van der Waals surface area contributed by atoms with Gasteiger partial charge in [0.25, 0.3) is 0 Å². The van der Waals surface area contributed by atoms with Gasteiger partial charge in [-0.05, 0) is 32.1 Å². The zero-order valence-electron chi connectivity index (χ0n) is 27.9. The smallest absolute Gasteiger partial charge is 0.322 e. The molecule has 2 N–H and O–H groups in total. The van der Waals surface area contributed by atoms with Crippen LogP contribution in [0.5, 0.6) is 0 Å². The molecule has 0 aromatic heterocycles. The lowest BCUT2D eigenvalue weighted by atomic mass is 10.0. The van der Waals surface area contributed by atoms with Crippen molar-refractivity contribution < 1.29 is 24.2 Å². The molecule has 0 aromatic carbocycles. The fraction of sp³-hybridized carbons (Fsp3) is 0.917. The number of amides is 1. The molecule has 0 aromatic rings. The SMILES string of the molecule is CCCCCCCCCCCCCCCCCCCCCCCC(=O)OC(CCC)CCCCCC(=O)NCC(=O)O. The number of carbonyl (C=O) groups excluding carboxylic acids is 2. The number of unbranched alkanes of at least 4 members (excludes halogenated alkanes) is 22. The van der Waals surface area contributed by atoms with E-state index in [1.807, 2.05) is 0 Å². The maximum Gasteiger partial charge on any atom is 0.322 e. The summed E-state index contributed by atoms with van der Waals surface area (Å²) in [5, 5.41) is 11.0. The van der Waals surface area contributed by atoms with E-state index in [-0.39, 0.29) is 24.5 Å². The highest BCUT2D eigenvalue weighted by atomic mass is 16.5. The molecule has 0 bridgehead atoms. The molecule has 248 valence electrons. The van der Waals surface area contributed by atoms with Crippen LogP contribution in [0.15, 0.2) is 0 Å². The van der Waals surface area contributed by atoms with Crippen molar-refractivity contribution in [3.63, 3.8) is 0 Å². The maximum atomic E-state index is 12.3. The Bertz CT molecular complexity index is 624. The Morgan fingerprint density at radius 1 is 0.524 bits per heavy atom. The summed E-state index contributed by atoms with van der Waals surface area (Å²) in [4.78, 5) is 34.4. The number of hydrogen-bond acceptors (Lipinski definition) is 4. The van der Waals surface area contributed by atoms with Gasteiger partial charge in [0.05, 0.1) is 0 Å². The van der Waals surface area contributed by atoms with E-state index < -0.39 is 5.97 Å². The minimum atomic E-state index is -1.03. The van der Waals surface area contributed by atoms with E-state index in [0.29, 0.717) is 12.8 Å². The molecule has 6 nitrogen and oxygen atoms in total. The number of hydrogen-bond donors (Lipinski definition) is 2. The number of esters is 1. The molecule has 0 rings (SSSR count). The molecule has 1 unspecified atom stereocenters. The fourth-order valence-corrected chi connectivity index (χ4v) is 5.63. The summed E-state index contributed by atoms with van der Waals surface area (Å²) >= 11 is 0. The minimum absolute atomic E-state index is 0.0294. The van der Waals surface area contributed by atoms with Crippen molar-refractivity contribution in [1.29, 1.82) is 0 Å². The van der Waals surface area contributed by atoms with Crippen LogP contribution in [0, 0.1) is 0 Å². The molecule has 0 aliphatic heterocycles. The molecule has 0 spiro atoms. The van der Waals surface area contributed by atoms with E-state index in [1.165, 1.54) is 122 Å². The fourth-order valence-electron chi connectivity index (χ4n) is 5.63. The van der Waals surface area contributed by atoms with Gasteiger partial charge in [-0.15, -0.1) is 0 Å². The van der Waals surface area contributed by atoms with E-state index in [9.17, 15) is 14.4 Å². The van der Waals surface area contributed by atoms with Gasteiger partial charge in [0, 0.05) is 12.8 Å². The molecule has 0 saturated heterocycles. The Kier molecular flexibility index (Phi) is 31.1. The molecule has 0 heterocycles. The third-order valence-corrected chi connectivity index (χ3v) is 8.26. The van der Waals surface area contributed by atoms with Crippen molar-refractivity contribution in [3.05, 3.63) is 0 Å². The first-order valence-corrected chi connectivity index (χ1v) is 18.2. The number of aliphatic carboxylic acids is 1. The summed E-state index contributed by atoms with van der Waals surface area (Å²) in [6.07, 6.45) is 34.5. The van der Waals surface area contributed by atoms with Crippen LogP contribution in [0.25, 0.3) is 0 Å². The summed E-state index contributed by atoms with van der Waals surface area (Å²) in [6, 6.07) is 0. The molecule has 0 radical (unpaired) electrons. The second kappa shape index (κ2) is 32.3. The van der Waals surface area contributed by atoms with Gasteiger partial charge in [-0.2, -0.15) is 0 Å². The van der Waals surface area contributed by atoms with Gasteiger partial charge in [0.2, 0.25) is 5.91 Å². The summed E-state index contributed by atoms with van der Waals surface area (Å²) in [6.45, 7) is 4.06. The average molecular weight is 596 g/mol. The molecule has 0 aliphatic carbocycles. The van der Waals surface area contributed by atoms with Gasteiger partial charge < -0.3 is 15.2 Å². The highest BCUT2D eigenvalue weighted by molar-refractivity contribution is 5.80. The molecule has 0 fully saturated rings. The number of rotatable bonds is 33. The third-order valence-electron chi connectivity index (χ3n) is 8.26. The first kappa shape index (κ1) is 40.4. The van der Waals surface area contributed by atoms with Crippen molar-refractivity contribution >= 4 is 17.8 Å². The van der Waals surface area contributed by atoms with E-state index in [4.69, 9.17) is 9.84 Å². The van der Waals surface area contributed by atoms with Crippen LogP contribution in [0.1, 0.15) is 200 Å². The van der Waals surface area contributed by atoms with Crippen LogP contribution in [0.3, 0.4) is 0 Å². The third kappa shape index (κ3) is 31.3. The molecule has 42 heavy (non-hydrogen) atoms. The number of carbonyl (C=O) groups is 3. The number of ether oxygens (including phenoxy) is 1. The molecule has 0 saturated carbocycles. The molecule has 1 amide bonds. The van der Waals surface area contributed by atoms with Crippen LogP contribution < -0.4 is 5.32 Å². The number of nitrogens with one attached hydrogen (secondary N) is 1. The van der Waals surface area contributed by atoms with E-state index >= 15 is 0 Å². The van der Waals surface area contributed by atoms with Gasteiger partial charge in [-0.3, -0.25) is 14.4 Å². The lowest BCUT2D eigenvalue weighted by molar-refractivity contribution is -0.150. The normalized spacial score (nSPS) is 11.9. The van der Waals surface area contributed by atoms with Gasteiger partial charge in [0.1, 0.15) is 12.6 Å². The molecule has 0 aliphatic rings. The lowest BCUT2D eigenvalue weighted by Gasteiger charge is -2.17. The van der Waals surface area contributed by atoms with Crippen molar-refractivity contribution in [2.45, 2.75) is 206 Å². The minimum Gasteiger partial charge on any atom is -0.480 e.